The molecule has 2 aromatic heterocycles. The Bertz CT molecular complexity index is 816. The number of imidazole rings is 1. The maximum Gasteiger partial charge on any atom is 0.205 e. The molecule has 2 heterocycles. The standard InChI is InChI=1S/C11H7ClN6O2/c12-5-1-6(8(20)2-7(5)19)17-18-11-9-10(14-3-13-9)15-4-16-11/h1-4,19-20H,(H,13,14,15,16)/b18-17+. The molecule has 20 heavy (non-hydrogen) atoms. The zero-order chi connectivity index (χ0) is 14.1. The second-order valence-corrected chi connectivity index (χ2v) is 4.20. The lowest BCUT2D eigenvalue weighted by atomic mass is 10.3. The van der Waals surface area contributed by atoms with Crippen LogP contribution in [-0.4, -0.2) is 30.1 Å². The molecule has 3 rings (SSSR count). The van der Waals surface area contributed by atoms with E-state index in [0.29, 0.717) is 11.2 Å². The third-order valence-electron chi connectivity index (χ3n) is 2.49. The molecule has 0 amide bonds. The van der Waals surface area contributed by atoms with Gasteiger partial charge >= 0.3 is 0 Å². The van der Waals surface area contributed by atoms with Crippen LogP contribution in [0.15, 0.2) is 35.0 Å². The van der Waals surface area contributed by atoms with Crippen molar-refractivity contribution in [3.63, 3.8) is 0 Å². The first-order valence-corrected chi connectivity index (χ1v) is 5.80. The molecule has 0 aliphatic heterocycles. The minimum Gasteiger partial charge on any atom is -0.506 e. The lowest BCUT2D eigenvalue weighted by Gasteiger charge is -2.00. The number of hydrogen-bond acceptors (Lipinski definition) is 7. The van der Waals surface area contributed by atoms with E-state index in [1.165, 1.54) is 18.7 Å². The van der Waals surface area contributed by atoms with Gasteiger partial charge < -0.3 is 15.2 Å². The minimum atomic E-state index is -0.247. The number of azo groups is 1. The summed E-state index contributed by atoms with van der Waals surface area (Å²) >= 11 is 5.74. The Morgan fingerprint density at radius 3 is 2.75 bits per heavy atom. The van der Waals surface area contributed by atoms with Gasteiger partial charge in [-0.2, -0.15) is 0 Å². The molecule has 0 saturated heterocycles. The zero-order valence-corrected chi connectivity index (χ0v) is 10.6. The monoisotopic (exact) mass is 290 g/mol. The Balaban J connectivity index is 2.02. The summed E-state index contributed by atoms with van der Waals surface area (Å²) in [6.07, 6.45) is 2.78. The SMILES string of the molecule is Oc1cc(O)c(/N=N/c2ncnc3[nH]cnc23)cc1Cl. The van der Waals surface area contributed by atoms with Crippen LogP contribution in [0.4, 0.5) is 11.5 Å². The summed E-state index contributed by atoms with van der Waals surface area (Å²) in [5.74, 6) is -0.234. The van der Waals surface area contributed by atoms with Crippen molar-refractivity contribution >= 4 is 34.3 Å². The topological polar surface area (TPSA) is 120 Å². The number of nitrogens with zero attached hydrogens (tertiary/aromatic N) is 5. The van der Waals surface area contributed by atoms with E-state index < -0.39 is 0 Å². The van der Waals surface area contributed by atoms with E-state index >= 15 is 0 Å². The average Bonchev–Trinajstić information content (AvgIpc) is 2.90. The van der Waals surface area contributed by atoms with E-state index in [0.717, 1.165) is 6.07 Å². The molecule has 0 aliphatic rings. The van der Waals surface area contributed by atoms with Crippen LogP contribution < -0.4 is 0 Å². The van der Waals surface area contributed by atoms with Crippen molar-refractivity contribution in [2.45, 2.75) is 0 Å². The van der Waals surface area contributed by atoms with Crippen molar-refractivity contribution < 1.29 is 10.2 Å². The van der Waals surface area contributed by atoms with E-state index in [1.54, 1.807) is 0 Å². The Labute approximate surface area is 116 Å². The third kappa shape index (κ3) is 2.12. The summed E-state index contributed by atoms with van der Waals surface area (Å²) < 4.78 is 0. The molecule has 100 valence electrons. The van der Waals surface area contributed by atoms with Gasteiger partial charge in [-0.1, -0.05) is 11.6 Å². The lowest BCUT2D eigenvalue weighted by molar-refractivity contribution is 0.451. The highest BCUT2D eigenvalue weighted by Crippen LogP contribution is 2.37. The summed E-state index contributed by atoms with van der Waals surface area (Å²) in [6.45, 7) is 0. The first-order chi connectivity index (χ1) is 9.65. The summed E-state index contributed by atoms with van der Waals surface area (Å²) in [6, 6.07) is 2.37. The summed E-state index contributed by atoms with van der Waals surface area (Å²) in [5, 5.41) is 26.8. The van der Waals surface area contributed by atoms with Crippen molar-refractivity contribution in [3.05, 3.63) is 29.8 Å². The highest BCUT2D eigenvalue weighted by Gasteiger charge is 2.08. The fraction of sp³-hybridized carbons (Fsp3) is 0. The Kier molecular flexibility index (Phi) is 2.92. The Hall–Kier alpha value is -2.74. The van der Waals surface area contributed by atoms with Gasteiger partial charge in [0.1, 0.15) is 23.5 Å². The van der Waals surface area contributed by atoms with Gasteiger partial charge in [-0.3, -0.25) is 0 Å². The second-order valence-electron chi connectivity index (χ2n) is 3.79. The van der Waals surface area contributed by atoms with Crippen LogP contribution in [-0.2, 0) is 0 Å². The molecule has 9 heteroatoms. The first kappa shape index (κ1) is 12.3. The van der Waals surface area contributed by atoms with Gasteiger partial charge in [0.15, 0.2) is 11.2 Å². The molecular weight excluding hydrogens is 284 g/mol. The van der Waals surface area contributed by atoms with Gasteiger partial charge in [0.25, 0.3) is 0 Å². The molecule has 0 aliphatic carbocycles. The summed E-state index contributed by atoms with van der Waals surface area (Å²) in [5.41, 5.74) is 1.10. The van der Waals surface area contributed by atoms with Gasteiger partial charge in [-0.05, 0) is 6.07 Å². The maximum atomic E-state index is 9.64. The van der Waals surface area contributed by atoms with Gasteiger partial charge in [-0.15, -0.1) is 10.2 Å². The fourth-order valence-electron chi connectivity index (χ4n) is 1.55. The largest absolute Gasteiger partial charge is 0.506 e. The van der Waals surface area contributed by atoms with E-state index in [2.05, 4.69) is 30.2 Å². The van der Waals surface area contributed by atoms with Crippen LogP contribution in [0.1, 0.15) is 0 Å². The van der Waals surface area contributed by atoms with E-state index in [4.69, 9.17) is 11.6 Å². The van der Waals surface area contributed by atoms with Gasteiger partial charge in [0, 0.05) is 6.07 Å². The number of fused-ring (bicyclic) bond motifs is 1. The van der Waals surface area contributed by atoms with Crippen molar-refractivity contribution in [2.24, 2.45) is 10.2 Å². The number of nitrogens with one attached hydrogen (secondary N) is 1. The van der Waals surface area contributed by atoms with Crippen LogP contribution in [0.3, 0.4) is 0 Å². The molecule has 3 N–H and O–H groups in total. The summed E-state index contributed by atoms with van der Waals surface area (Å²) in [7, 11) is 0. The van der Waals surface area contributed by atoms with Crippen molar-refractivity contribution in [1.82, 2.24) is 19.9 Å². The van der Waals surface area contributed by atoms with Crippen LogP contribution >= 0.6 is 11.6 Å². The molecule has 0 spiro atoms. The number of halogens is 1. The van der Waals surface area contributed by atoms with E-state index in [9.17, 15) is 10.2 Å². The number of aromatic hydroxyl groups is 2. The lowest BCUT2D eigenvalue weighted by Crippen LogP contribution is -1.81. The minimum absolute atomic E-state index is 0.0596. The van der Waals surface area contributed by atoms with Crippen molar-refractivity contribution in [3.8, 4) is 11.5 Å². The number of rotatable bonds is 2. The number of phenols is 2. The molecule has 0 fully saturated rings. The molecule has 0 radical (unpaired) electrons. The van der Waals surface area contributed by atoms with Gasteiger partial charge in [0.2, 0.25) is 5.82 Å². The van der Waals surface area contributed by atoms with Crippen molar-refractivity contribution in [2.75, 3.05) is 0 Å². The van der Waals surface area contributed by atoms with Gasteiger partial charge in [0.05, 0.1) is 11.3 Å². The van der Waals surface area contributed by atoms with E-state index in [1.807, 2.05) is 0 Å². The Morgan fingerprint density at radius 1 is 1.05 bits per heavy atom. The number of aromatic nitrogens is 4. The molecule has 0 saturated carbocycles. The molecule has 8 nitrogen and oxygen atoms in total. The predicted molar refractivity (Wildman–Crippen MR) is 70.6 cm³/mol. The zero-order valence-electron chi connectivity index (χ0n) is 9.82. The fourth-order valence-corrected chi connectivity index (χ4v) is 1.70. The quantitative estimate of drug-likeness (QED) is 0.627. The molecule has 0 atom stereocenters. The Morgan fingerprint density at radius 2 is 1.90 bits per heavy atom. The van der Waals surface area contributed by atoms with Crippen LogP contribution in [0.25, 0.3) is 11.2 Å². The molecular formula is C11H7ClN6O2. The molecule has 0 unspecified atom stereocenters. The smallest absolute Gasteiger partial charge is 0.205 e. The molecule has 1 aromatic carbocycles. The summed E-state index contributed by atoms with van der Waals surface area (Å²) in [4.78, 5) is 14.8. The maximum absolute atomic E-state index is 9.64. The number of hydrogen-bond donors (Lipinski definition) is 3. The molecule has 0 bridgehead atoms. The molecule has 3 aromatic rings. The van der Waals surface area contributed by atoms with Gasteiger partial charge in [-0.25, -0.2) is 15.0 Å². The number of aromatic amines is 1. The normalized spacial score (nSPS) is 11.4. The third-order valence-corrected chi connectivity index (χ3v) is 2.80. The predicted octanol–water partition coefficient (Wildman–Crippen LogP) is 2.83. The number of phenolic OH excluding ortho intramolecular Hbond substituents is 2. The van der Waals surface area contributed by atoms with Crippen LogP contribution in [0.5, 0.6) is 11.5 Å². The van der Waals surface area contributed by atoms with Crippen LogP contribution in [0.2, 0.25) is 5.02 Å². The second kappa shape index (κ2) is 4.74. The highest BCUT2D eigenvalue weighted by molar-refractivity contribution is 6.32. The van der Waals surface area contributed by atoms with Crippen LogP contribution in [0, 0.1) is 0 Å². The first-order valence-electron chi connectivity index (χ1n) is 5.42. The highest BCUT2D eigenvalue weighted by atomic mass is 35.5. The van der Waals surface area contributed by atoms with Crippen molar-refractivity contribution in [1.29, 1.82) is 0 Å². The average molecular weight is 291 g/mol. The van der Waals surface area contributed by atoms with E-state index in [-0.39, 0.29) is 28.0 Å². The number of benzene rings is 1. The number of H-pyrrole nitrogens is 1.